The van der Waals surface area contributed by atoms with Gasteiger partial charge in [-0.1, -0.05) is 6.07 Å². The van der Waals surface area contributed by atoms with E-state index in [1.165, 1.54) is 19.3 Å². The summed E-state index contributed by atoms with van der Waals surface area (Å²) in [6.45, 7) is 2.26. The van der Waals surface area contributed by atoms with E-state index in [0.29, 0.717) is 0 Å². The maximum atomic E-state index is 6.21. The van der Waals surface area contributed by atoms with Gasteiger partial charge in [0.1, 0.15) is 0 Å². The molecular formula is C14H17N3. The van der Waals surface area contributed by atoms with E-state index in [-0.39, 0.29) is 5.54 Å². The summed E-state index contributed by atoms with van der Waals surface area (Å²) in [6, 6.07) is 6.10. The van der Waals surface area contributed by atoms with Gasteiger partial charge in [0.25, 0.3) is 0 Å². The smallest absolute Gasteiger partial charge is 0.0630 e. The number of nitrogen functional groups attached to an aromatic ring is 1. The van der Waals surface area contributed by atoms with Gasteiger partial charge in [-0.15, -0.1) is 0 Å². The number of nitrogens with zero attached hydrogens (tertiary/aromatic N) is 1. The normalized spacial score (nSPS) is 17.7. The Bertz CT molecular complexity index is 558. The number of pyridine rings is 1. The van der Waals surface area contributed by atoms with Crippen molar-refractivity contribution in [2.75, 3.05) is 11.1 Å². The zero-order valence-corrected chi connectivity index (χ0v) is 10.0. The second-order valence-corrected chi connectivity index (χ2v) is 5.16. The summed E-state index contributed by atoms with van der Waals surface area (Å²) in [5.41, 5.74) is 8.32. The van der Waals surface area contributed by atoms with E-state index >= 15 is 0 Å². The van der Waals surface area contributed by atoms with Crippen molar-refractivity contribution in [3.63, 3.8) is 0 Å². The van der Waals surface area contributed by atoms with Crippen LogP contribution in [0.25, 0.3) is 10.8 Å². The van der Waals surface area contributed by atoms with Crippen molar-refractivity contribution in [2.24, 2.45) is 0 Å². The molecule has 0 unspecified atom stereocenters. The van der Waals surface area contributed by atoms with Crippen molar-refractivity contribution in [1.82, 2.24) is 4.98 Å². The number of anilines is 2. The minimum atomic E-state index is 0.231. The van der Waals surface area contributed by atoms with Gasteiger partial charge in [0.05, 0.1) is 11.4 Å². The monoisotopic (exact) mass is 227 g/mol. The first-order valence-corrected chi connectivity index (χ1v) is 6.08. The van der Waals surface area contributed by atoms with Crippen LogP contribution in [0.5, 0.6) is 0 Å². The molecular weight excluding hydrogens is 210 g/mol. The summed E-state index contributed by atoms with van der Waals surface area (Å²) in [6.07, 6.45) is 7.39. The van der Waals surface area contributed by atoms with Gasteiger partial charge in [0.15, 0.2) is 0 Å². The van der Waals surface area contributed by atoms with Crippen LogP contribution < -0.4 is 11.1 Å². The number of benzene rings is 1. The van der Waals surface area contributed by atoms with E-state index in [1.807, 2.05) is 12.3 Å². The quantitative estimate of drug-likeness (QED) is 0.775. The third-order valence-corrected chi connectivity index (χ3v) is 3.76. The molecule has 3 heteroatoms. The van der Waals surface area contributed by atoms with Crippen LogP contribution in [0.4, 0.5) is 11.4 Å². The fraction of sp³-hybridized carbons (Fsp3) is 0.357. The Kier molecular flexibility index (Phi) is 2.21. The highest BCUT2D eigenvalue weighted by Crippen LogP contribution is 2.37. The van der Waals surface area contributed by atoms with Crippen molar-refractivity contribution < 1.29 is 0 Å². The first kappa shape index (κ1) is 10.4. The van der Waals surface area contributed by atoms with Gasteiger partial charge in [-0.05, 0) is 38.3 Å². The molecule has 0 bridgehead atoms. The number of nitrogens with two attached hydrogens (primary N) is 1. The highest BCUT2D eigenvalue weighted by molar-refractivity contribution is 5.98. The van der Waals surface area contributed by atoms with Gasteiger partial charge >= 0.3 is 0 Å². The third-order valence-electron chi connectivity index (χ3n) is 3.76. The van der Waals surface area contributed by atoms with Crippen LogP contribution in [-0.4, -0.2) is 10.5 Å². The van der Waals surface area contributed by atoms with Crippen molar-refractivity contribution >= 4 is 22.1 Å². The zero-order chi connectivity index (χ0) is 11.9. The third kappa shape index (κ3) is 1.71. The Hall–Kier alpha value is -1.77. The van der Waals surface area contributed by atoms with Crippen LogP contribution in [0.2, 0.25) is 0 Å². The summed E-state index contributed by atoms with van der Waals surface area (Å²) in [5.74, 6) is 0. The van der Waals surface area contributed by atoms with Gasteiger partial charge < -0.3 is 11.1 Å². The maximum Gasteiger partial charge on any atom is 0.0630 e. The van der Waals surface area contributed by atoms with E-state index in [1.54, 1.807) is 6.20 Å². The summed E-state index contributed by atoms with van der Waals surface area (Å²) < 4.78 is 0. The summed E-state index contributed by atoms with van der Waals surface area (Å²) >= 11 is 0. The van der Waals surface area contributed by atoms with Crippen LogP contribution in [0.1, 0.15) is 26.2 Å². The topological polar surface area (TPSA) is 50.9 Å². The van der Waals surface area contributed by atoms with E-state index in [2.05, 4.69) is 29.4 Å². The molecule has 1 aromatic carbocycles. The fourth-order valence-corrected chi connectivity index (χ4v) is 2.46. The molecule has 1 saturated carbocycles. The number of rotatable bonds is 2. The molecule has 0 amide bonds. The van der Waals surface area contributed by atoms with Crippen molar-refractivity contribution in [3.05, 3.63) is 30.6 Å². The van der Waals surface area contributed by atoms with Crippen LogP contribution in [0.15, 0.2) is 30.6 Å². The lowest BCUT2D eigenvalue weighted by molar-refractivity contribution is 0.307. The average Bonchev–Trinajstić information content (AvgIpc) is 2.31. The molecule has 1 aromatic heterocycles. The Morgan fingerprint density at radius 1 is 1.29 bits per heavy atom. The highest BCUT2D eigenvalue weighted by Gasteiger charge is 2.31. The lowest BCUT2D eigenvalue weighted by atomic mass is 9.78. The lowest BCUT2D eigenvalue weighted by Crippen LogP contribution is -2.41. The Morgan fingerprint density at radius 2 is 2.12 bits per heavy atom. The molecule has 88 valence electrons. The minimum Gasteiger partial charge on any atom is -0.397 e. The molecule has 3 nitrogen and oxygen atoms in total. The first-order valence-electron chi connectivity index (χ1n) is 6.08. The van der Waals surface area contributed by atoms with Crippen LogP contribution in [0, 0.1) is 0 Å². The Morgan fingerprint density at radius 3 is 2.82 bits per heavy atom. The SMILES string of the molecule is CC1(Nc2ccc3cnccc3c2N)CCC1. The zero-order valence-electron chi connectivity index (χ0n) is 10.0. The van der Waals surface area contributed by atoms with Gasteiger partial charge in [-0.2, -0.15) is 0 Å². The first-order chi connectivity index (χ1) is 8.18. The van der Waals surface area contributed by atoms with E-state index in [0.717, 1.165) is 22.1 Å². The van der Waals surface area contributed by atoms with E-state index in [9.17, 15) is 0 Å². The molecule has 2 aromatic rings. The van der Waals surface area contributed by atoms with Gasteiger partial charge in [-0.25, -0.2) is 0 Å². The number of fused-ring (bicyclic) bond motifs is 1. The second-order valence-electron chi connectivity index (χ2n) is 5.16. The van der Waals surface area contributed by atoms with Gasteiger partial charge in [0.2, 0.25) is 0 Å². The van der Waals surface area contributed by atoms with Crippen LogP contribution in [-0.2, 0) is 0 Å². The molecule has 0 saturated heterocycles. The Labute approximate surface area is 101 Å². The fourth-order valence-electron chi connectivity index (χ4n) is 2.46. The van der Waals surface area contributed by atoms with Gasteiger partial charge in [-0.3, -0.25) is 4.98 Å². The molecule has 1 heterocycles. The molecule has 3 rings (SSSR count). The number of hydrogen-bond donors (Lipinski definition) is 2. The highest BCUT2D eigenvalue weighted by atomic mass is 15.0. The molecule has 3 N–H and O–H groups in total. The van der Waals surface area contributed by atoms with Crippen molar-refractivity contribution in [3.8, 4) is 0 Å². The average molecular weight is 227 g/mol. The largest absolute Gasteiger partial charge is 0.397 e. The standard InChI is InChI=1S/C14H17N3/c1-14(6-2-7-14)17-12-4-3-10-9-16-8-5-11(10)13(12)15/h3-5,8-9,17H,2,6-7,15H2,1H3. The second kappa shape index (κ2) is 3.62. The number of nitrogens with one attached hydrogen (secondary N) is 1. The number of hydrogen-bond acceptors (Lipinski definition) is 3. The van der Waals surface area contributed by atoms with Gasteiger partial charge in [0, 0.05) is 28.7 Å². The molecule has 17 heavy (non-hydrogen) atoms. The van der Waals surface area contributed by atoms with Crippen molar-refractivity contribution in [2.45, 2.75) is 31.7 Å². The molecule has 1 fully saturated rings. The Balaban J connectivity index is 2.02. The van der Waals surface area contributed by atoms with Crippen molar-refractivity contribution in [1.29, 1.82) is 0 Å². The van der Waals surface area contributed by atoms with E-state index in [4.69, 9.17) is 5.73 Å². The summed E-state index contributed by atoms with van der Waals surface area (Å²) in [5, 5.41) is 5.74. The molecule has 1 aliphatic carbocycles. The predicted molar refractivity (Wildman–Crippen MR) is 72.0 cm³/mol. The molecule has 0 aliphatic heterocycles. The predicted octanol–water partition coefficient (Wildman–Crippen LogP) is 3.17. The molecule has 0 atom stereocenters. The molecule has 0 spiro atoms. The molecule has 1 aliphatic rings. The van der Waals surface area contributed by atoms with Crippen LogP contribution >= 0.6 is 0 Å². The number of aromatic nitrogens is 1. The molecule has 0 radical (unpaired) electrons. The minimum absolute atomic E-state index is 0.231. The summed E-state index contributed by atoms with van der Waals surface area (Å²) in [4.78, 5) is 4.11. The lowest BCUT2D eigenvalue weighted by Gasteiger charge is -2.40. The summed E-state index contributed by atoms with van der Waals surface area (Å²) in [7, 11) is 0. The van der Waals surface area contributed by atoms with E-state index < -0.39 is 0 Å². The van der Waals surface area contributed by atoms with Crippen LogP contribution in [0.3, 0.4) is 0 Å². The maximum absolute atomic E-state index is 6.21.